The van der Waals surface area contributed by atoms with Crippen molar-refractivity contribution in [3.05, 3.63) is 77.3 Å². The summed E-state index contributed by atoms with van der Waals surface area (Å²) in [4.78, 5) is 13.3. The molecule has 3 aromatic rings. The molecule has 8 nitrogen and oxygen atoms in total. The molecule has 0 spiro atoms. The van der Waals surface area contributed by atoms with Crippen LogP contribution in [0.4, 0.5) is 5.69 Å². The highest BCUT2D eigenvalue weighted by atomic mass is 35.5. The summed E-state index contributed by atoms with van der Waals surface area (Å²) in [5, 5.41) is 3.33. The lowest BCUT2D eigenvalue weighted by atomic mass is 10.1. The van der Waals surface area contributed by atoms with Gasteiger partial charge in [-0.1, -0.05) is 23.7 Å². The number of hydrogen-bond acceptors (Lipinski definition) is 6. The predicted octanol–water partition coefficient (Wildman–Crippen LogP) is 4.19. The monoisotopic (exact) mass is 516 g/mol. The van der Waals surface area contributed by atoms with Crippen molar-refractivity contribution in [3.63, 3.8) is 0 Å². The molecule has 0 saturated heterocycles. The molecular formula is C25H25ClN2O6S. The Labute approximate surface area is 209 Å². The normalized spacial score (nSPS) is 16.0. The van der Waals surface area contributed by atoms with Gasteiger partial charge < -0.3 is 19.5 Å². The molecule has 2 atom stereocenters. The SMILES string of the molecule is COc1ccc(OC)c([C@H](C)NC(=O)[C@H]2CN(S(=O)(=O)c3ccc(Cl)cc3)c3ccccc3O2)c1. The molecule has 1 amide bonds. The summed E-state index contributed by atoms with van der Waals surface area (Å²) in [5.41, 5.74) is 1.07. The number of benzene rings is 3. The second-order valence-corrected chi connectivity index (χ2v) is 10.2. The van der Waals surface area contributed by atoms with Gasteiger partial charge in [0.15, 0.2) is 6.10 Å². The van der Waals surface area contributed by atoms with Crippen LogP contribution in [0.2, 0.25) is 5.02 Å². The van der Waals surface area contributed by atoms with Gasteiger partial charge in [-0.2, -0.15) is 0 Å². The van der Waals surface area contributed by atoms with Gasteiger partial charge in [0.05, 0.1) is 37.4 Å². The van der Waals surface area contributed by atoms with Gasteiger partial charge in [-0.05, 0) is 61.5 Å². The van der Waals surface area contributed by atoms with Crippen molar-refractivity contribution in [2.24, 2.45) is 0 Å². The largest absolute Gasteiger partial charge is 0.497 e. The van der Waals surface area contributed by atoms with E-state index < -0.39 is 28.1 Å². The van der Waals surface area contributed by atoms with E-state index in [1.54, 1.807) is 63.6 Å². The molecule has 1 aliphatic rings. The minimum atomic E-state index is -3.98. The molecule has 0 fully saturated rings. The molecule has 0 aliphatic carbocycles. The molecule has 1 N–H and O–H groups in total. The number of anilines is 1. The lowest BCUT2D eigenvalue weighted by Crippen LogP contribution is -2.51. The number of ether oxygens (including phenoxy) is 3. The molecule has 0 radical (unpaired) electrons. The van der Waals surface area contributed by atoms with Crippen molar-refractivity contribution in [2.75, 3.05) is 25.1 Å². The first-order valence-electron chi connectivity index (χ1n) is 10.8. The van der Waals surface area contributed by atoms with E-state index in [0.717, 1.165) is 0 Å². The fraction of sp³-hybridized carbons (Fsp3) is 0.240. The minimum Gasteiger partial charge on any atom is -0.497 e. The molecule has 4 rings (SSSR count). The first-order valence-corrected chi connectivity index (χ1v) is 12.6. The van der Waals surface area contributed by atoms with Gasteiger partial charge in [0.2, 0.25) is 0 Å². The first kappa shape index (κ1) is 24.7. The number of rotatable bonds is 7. The summed E-state index contributed by atoms with van der Waals surface area (Å²) >= 11 is 5.93. The summed E-state index contributed by atoms with van der Waals surface area (Å²) in [6, 6.07) is 17.4. The molecule has 0 aromatic heterocycles. The maximum absolute atomic E-state index is 13.5. The van der Waals surface area contributed by atoms with E-state index in [9.17, 15) is 13.2 Å². The molecule has 3 aromatic carbocycles. The van der Waals surface area contributed by atoms with Crippen molar-refractivity contribution in [2.45, 2.75) is 24.0 Å². The number of fused-ring (bicyclic) bond motifs is 1. The van der Waals surface area contributed by atoms with E-state index in [0.29, 0.717) is 33.5 Å². The topological polar surface area (TPSA) is 94.2 Å². The maximum atomic E-state index is 13.5. The number of nitrogens with one attached hydrogen (secondary N) is 1. The summed E-state index contributed by atoms with van der Waals surface area (Å²) in [7, 11) is -0.885. The number of sulfonamides is 1. The van der Waals surface area contributed by atoms with Crippen LogP contribution < -0.4 is 23.8 Å². The van der Waals surface area contributed by atoms with E-state index in [-0.39, 0.29) is 11.4 Å². The highest BCUT2D eigenvalue weighted by Gasteiger charge is 2.38. The van der Waals surface area contributed by atoms with Crippen molar-refractivity contribution in [3.8, 4) is 17.2 Å². The first-order chi connectivity index (χ1) is 16.7. The van der Waals surface area contributed by atoms with E-state index in [1.807, 2.05) is 0 Å². The predicted molar refractivity (Wildman–Crippen MR) is 133 cm³/mol. The Hall–Kier alpha value is -3.43. The van der Waals surface area contributed by atoms with Crippen LogP contribution in [0.1, 0.15) is 18.5 Å². The van der Waals surface area contributed by atoms with E-state index in [1.165, 1.54) is 28.6 Å². The van der Waals surface area contributed by atoms with Gasteiger partial charge in [0.1, 0.15) is 17.2 Å². The zero-order valence-electron chi connectivity index (χ0n) is 19.4. The van der Waals surface area contributed by atoms with Gasteiger partial charge in [0.25, 0.3) is 15.9 Å². The van der Waals surface area contributed by atoms with Gasteiger partial charge in [-0.15, -0.1) is 0 Å². The Kier molecular flexibility index (Phi) is 7.09. The Morgan fingerprint density at radius 1 is 1.09 bits per heavy atom. The highest BCUT2D eigenvalue weighted by molar-refractivity contribution is 7.92. The third kappa shape index (κ3) is 5.01. The Morgan fingerprint density at radius 2 is 1.80 bits per heavy atom. The van der Waals surface area contributed by atoms with Crippen molar-refractivity contribution >= 4 is 33.2 Å². The average molecular weight is 517 g/mol. The van der Waals surface area contributed by atoms with Crippen LogP contribution in [0, 0.1) is 0 Å². The molecule has 184 valence electrons. The standard InChI is InChI=1S/C25H25ClN2O6S/c1-16(20-14-18(32-2)10-13-22(20)33-3)27-25(29)24-15-28(21-6-4-5-7-23(21)34-24)35(30,31)19-11-8-17(26)9-12-19/h4-14,16,24H,15H2,1-3H3,(H,27,29)/t16-,24+/m0/s1. The van der Waals surface area contributed by atoms with Crippen LogP contribution in [0.25, 0.3) is 0 Å². The van der Waals surface area contributed by atoms with Crippen LogP contribution in [0.3, 0.4) is 0 Å². The zero-order valence-corrected chi connectivity index (χ0v) is 21.0. The minimum absolute atomic E-state index is 0.0623. The second kappa shape index (κ2) is 10.1. The smallest absolute Gasteiger partial charge is 0.264 e. The fourth-order valence-electron chi connectivity index (χ4n) is 3.86. The summed E-state index contributed by atoms with van der Waals surface area (Å²) in [6.07, 6.45) is -1.08. The van der Waals surface area contributed by atoms with Gasteiger partial charge >= 0.3 is 0 Å². The second-order valence-electron chi connectivity index (χ2n) is 7.90. The maximum Gasteiger partial charge on any atom is 0.264 e. The van der Waals surface area contributed by atoms with E-state index >= 15 is 0 Å². The number of carbonyl (C=O) groups is 1. The average Bonchev–Trinajstić information content (AvgIpc) is 2.87. The molecular weight excluding hydrogens is 492 g/mol. The van der Waals surface area contributed by atoms with Crippen LogP contribution in [-0.2, 0) is 14.8 Å². The van der Waals surface area contributed by atoms with Crippen molar-refractivity contribution < 1.29 is 27.4 Å². The number of nitrogens with zero attached hydrogens (tertiary/aromatic N) is 1. The van der Waals surface area contributed by atoms with Crippen LogP contribution in [-0.4, -0.2) is 41.2 Å². The molecule has 35 heavy (non-hydrogen) atoms. The molecule has 0 bridgehead atoms. The number of halogens is 1. The third-order valence-electron chi connectivity index (χ3n) is 5.69. The Morgan fingerprint density at radius 3 is 2.49 bits per heavy atom. The highest BCUT2D eigenvalue weighted by Crippen LogP contribution is 2.37. The molecule has 1 heterocycles. The van der Waals surface area contributed by atoms with Gasteiger partial charge in [0, 0.05) is 10.6 Å². The molecule has 0 saturated carbocycles. The number of hydrogen-bond donors (Lipinski definition) is 1. The van der Waals surface area contributed by atoms with Gasteiger partial charge in [-0.25, -0.2) is 8.42 Å². The van der Waals surface area contributed by atoms with E-state index in [4.69, 9.17) is 25.8 Å². The molecule has 0 unspecified atom stereocenters. The number of methoxy groups -OCH3 is 2. The Balaban J connectivity index is 1.62. The number of carbonyl (C=O) groups excluding carboxylic acids is 1. The molecule has 1 aliphatic heterocycles. The third-order valence-corrected chi connectivity index (χ3v) is 7.74. The Bertz CT molecular complexity index is 1330. The number of para-hydroxylation sites is 2. The van der Waals surface area contributed by atoms with Gasteiger partial charge in [-0.3, -0.25) is 9.10 Å². The lowest BCUT2D eigenvalue weighted by Gasteiger charge is -2.35. The quantitative estimate of drug-likeness (QED) is 0.506. The van der Waals surface area contributed by atoms with Crippen LogP contribution in [0.5, 0.6) is 17.2 Å². The zero-order chi connectivity index (χ0) is 25.2. The van der Waals surface area contributed by atoms with E-state index in [2.05, 4.69) is 5.32 Å². The van der Waals surface area contributed by atoms with Crippen molar-refractivity contribution in [1.82, 2.24) is 5.32 Å². The van der Waals surface area contributed by atoms with Crippen LogP contribution in [0.15, 0.2) is 71.6 Å². The lowest BCUT2D eigenvalue weighted by molar-refractivity contribution is -0.128. The van der Waals surface area contributed by atoms with Crippen LogP contribution >= 0.6 is 11.6 Å². The summed E-state index contributed by atoms with van der Waals surface area (Å²) in [6.45, 7) is 1.60. The van der Waals surface area contributed by atoms with Crippen molar-refractivity contribution in [1.29, 1.82) is 0 Å². The summed E-state index contributed by atoms with van der Waals surface area (Å²) in [5.74, 6) is 1.03. The fourth-order valence-corrected chi connectivity index (χ4v) is 5.46. The molecule has 10 heteroatoms. The number of amides is 1. The summed E-state index contributed by atoms with van der Waals surface area (Å²) < 4.78 is 44.8.